The van der Waals surface area contributed by atoms with Crippen LogP contribution in [-0.4, -0.2) is 68.5 Å². The van der Waals surface area contributed by atoms with Gasteiger partial charge in [-0.05, 0) is 57.8 Å². The molecule has 0 fully saturated rings. The quantitative estimate of drug-likeness (QED) is 0.0292. The van der Waals surface area contributed by atoms with Crippen LogP contribution in [0.25, 0.3) is 0 Å². The van der Waals surface area contributed by atoms with Crippen LogP contribution in [-0.2, 0) is 18.4 Å². The van der Waals surface area contributed by atoms with Crippen molar-refractivity contribution >= 4 is 13.7 Å². The predicted octanol–water partition coefficient (Wildman–Crippen LogP) is 9.89. The van der Waals surface area contributed by atoms with Crippen LogP contribution in [0.3, 0.4) is 0 Å². The zero-order chi connectivity index (χ0) is 37.2. The number of nitrogens with one attached hydrogen (secondary N) is 1. The monoisotopic (exact) mass is 725 g/mol. The standard InChI is InChI=1S/C41H77N2O6P/c1-6-8-10-12-14-15-16-17-18-19-20-21-22-23-24-25-26-27-29-31-33-35-41(45)42-39(40(44)34-32-30-28-13-11-9-7-2)38-49-50(46,47)48-37-36-43(3,4)5/h11,13,16-17,19-20,32,34,39-40,44H,6-10,12,14-15,18,21-31,33,35-38H2,1-5H3,(H-,42,45,46,47)/b13-11+,17-16-,20-19-,34-32+. The molecule has 0 aromatic rings. The van der Waals surface area contributed by atoms with Crippen LogP contribution in [0.15, 0.2) is 48.6 Å². The van der Waals surface area contributed by atoms with E-state index in [9.17, 15) is 19.4 Å². The van der Waals surface area contributed by atoms with Crippen molar-refractivity contribution in [1.82, 2.24) is 5.32 Å². The van der Waals surface area contributed by atoms with E-state index in [1.54, 1.807) is 6.08 Å². The summed E-state index contributed by atoms with van der Waals surface area (Å²) in [4.78, 5) is 25.1. The largest absolute Gasteiger partial charge is 0.756 e. The van der Waals surface area contributed by atoms with E-state index in [1.807, 2.05) is 27.2 Å². The summed E-state index contributed by atoms with van der Waals surface area (Å²) in [6.07, 6.45) is 40.4. The maximum atomic E-state index is 12.7. The maximum Gasteiger partial charge on any atom is 0.268 e. The highest BCUT2D eigenvalue weighted by molar-refractivity contribution is 7.45. The Morgan fingerprint density at radius 3 is 1.80 bits per heavy atom. The average molecular weight is 725 g/mol. The van der Waals surface area contributed by atoms with Crippen molar-refractivity contribution in [2.24, 2.45) is 0 Å². The summed E-state index contributed by atoms with van der Waals surface area (Å²) >= 11 is 0. The second-order valence-corrected chi connectivity index (χ2v) is 16.0. The van der Waals surface area contributed by atoms with Gasteiger partial charge in [-0.1, -0.05) is 140 Å². The van der Waals surface area contributed by atoms with Gasteiger partial charge in [0.25, 0.3) is 7.82 Å². The number of allylic oxidation sites excluding steroid dienone is 7. The minimum atomic E-state index is -4.58. The van der Waals surface area contributed by atoms with Gasteiger partial charge in [-0.15, -0.1) is 0 Å². The highest BCUT2D eigenvalue weighted by Gasteiger charge is 2.23. The minimum absolute atomic E-state index is 0.00937. The number of amides is 1. The molecule has 0 aliphatic carbocycles. The van der Waals surface area contributed by atoms with E-state index < -0.39 is 26.6 Å². The molecule has 0 aliphatic rings. The molecule has 0 aliphatic heterocycles. The van der Waals surface area contributed by atoms with Crippen LogP contribution in [0.5, 0.6) is 0 Å². The van der Waals surface area contributed by atoms with Crippen molar-refractivity contribution < 1.29 is 32.9 Å². The number of likely N-dealkylation sites (N-methyl/N-ethyl adjacent to an activating group) is 1. The topological polar surface area (TPSA) is 108 Å². The fourth-order valence-electron chi connectivity index (χ4n) is 5.26. The van der Waals surface area contributed by atoms with Crippen molar-refractivity contribution in [3.8, 4) is 0 Å². The lowest BCUT2D eigenvalue weighted by Gasteiger charge is -2.29. The number of phosphoric acid groups is 1. The highest BCUT2D eigenvalue weighted by atomic mass is 31.2. The van der Waals surface area contributed by atoms with E-state index in [2.05, 4.69) is 55.6 Å². The first-order valence-corrected chi connectivity index (χ1v) is 21.5. The number of hydrogen-bond acceptors (Lipinski definition) is 6. The molecule has 0 saturated heterocycles. The number of carbonyl (C=O) groups is 1. The van der Waals surface area contributed by atoms with Gasteiger partial charge < -0.3 is 28.8 Å². The third-order valence-electron chi connectivity index (χ3n) is 8.49. The van der Waals surface area contributed by atoms with Crippen molar-refractivity contribution in [3.63, 3.8) is 0 Å². The molecule has 0 aromatic carbocycles. The van der Waals surface area contributed by atoms with Gasteiger partial charge in [0.15, 0.2) is 0 Å². The Morgan fingerprint density at radius 1 is 0.700 bits per heavy atom. The molecule has 292 valence electrons. The molecule has 0 heterocycles. The van der Waals surface area contributed by atoms with Crippen LogP contribution in [0.4, 0.5) is 0 Å². The lowest BCUT2D eigenvalue weighted by atomic mass is 10.1. The second kappa shape index (κ2) is 33.3. The first-order chi connectivity index (χ1) is 24.0. The van der Waals surface area contributed by atoms with E-state index >= 15 is 0 Å². The number of phosphoric ester groups is 1. The minimum Gasteiger partial charge on any atom is -0.756 e. The molecule has 9 heteroatoms. The summed E-state index contributed by atoms with van der Waals surface area (Å²) in [6.45, 7) is 4.47. The van der Waals surface area contributed by atoms with E-state index in [1.165, 1.54) is 83.5 Å². The normalized spacial score (nSPS) is 15.1. The van der Waals surface area contributed by atoms with Crippen molar-refractivity contribution in [1.29, 1.82) is 0 Å². The van der Waals surface area contributed by atoms with E-state index in [0.717, 1.165) is 51.4 Å². The van der Waals surface area contributed by atoms with Crippen molar-refractivity contribution in [2.45, 2.75) is 167 Å². The Labute approximate surface area is 308 Å². The van der Waals surface area contributed by atoms with Crippen LogP contribution >= 0.6 is 7.82 Å². The molecule has 0 rings (SSSR count). The molecule has 0 aromatic heterocycles. The molecule has 2 N–H and O–H groups in total. The lowest BCUT2D eigenvalue weighted by Crippen LogP contribution is -2.45. The van der Waals surface area contributed by atoms with E-state index in [-0.39, 0.29) is 12.5 Å². The smallest absolute Gasteiger partial charge is 0.268 e. The van der Waals surface area contributed by atoms with Gasteiger partial charge in [0, 0.05) is 6.42 Å². The third kappa shape index (κ3) is 34.9. The zero-order valence-electron chi connectivity index (χ0n) is 32.8. The number of aliphatic hydroxyl groups is 1. The molecule has 50 heavy (non-hydrogen) atoms. The van der Waals surface area contributed by atoms with Crippen molar-refractivity contribution in [3.05, 3.63) is 48.6 Å². The van der Waals surface area contributed by atoms with Gasteiger partial charge in [0.2, 0.25) is 5.91 Å². The van der Waals surface area contributed by atoms with Crippen molar-refractivity contribution in [2.75, 3.05) is 40.9 Å². The van der Waals surface area contributed by atoms with Crippen LogP contribution in [0, 0.1) is 0 Å². The number of nitrogens with zero attached hydrogens (tertiary/aromatic N) is 1. The Kier molecular flexibility index (Phi) is 32.3. The average Bonchev–Trinajstić information content (AvgIpc) is 3.06. The summed E-state index contributed by atoms with van der Waals surface area (Å²) < 4.78 is 23.0. The van der Waals surface area contributed by atoms with Gasteiger partial charge in [0.05, 0.1) is 39.9 Å². The van der Waals surface area contributed by atoms with Crippen LogP contribution in [0.1, 0.15) is 155 Å². The Morgan fingerprint density at radius 2 is 1.22 bits per heavy atom. The number of hydrogen-bond donors (Lipinski definition) is 2. The molecule has 3 unspecified atom stereocenters. The van der Waals surface area contributed by atoms with E-state index in [0.29, 0.717) is 17.4 Å². The second-order valence-electron chi connectivity index (χ2n) is 14.6. The fourth-order valence-corrected chi connectivity index (χ4v) is 5.99. The molecule has 0 spiro atoms. The molecule has 0 radical (unpaired) electrons. The number of unbranched alkanes of at least 4 members (excludes halogenated alkanes) is 16. The third-order valence-corrected chi connectivity index (χ3v) is 9.46. The molecular formula is C41H77N2O6P. The number of quaternary nitrogens is 1. The molecule has 0 saturated carbocycles. The van der Waals surface area contributed by atoms with Gasteiger partial charge in [0.1, 0.15) is 13.2 Å². The summed E-state index contributed by atoms with van der Waals surface area (Å²) in [5.74, 6) is -0.219. The number of carbonyl (C=O) groups excluding carboxylic acids is 1. The molecule has 1 amide bonds. The van der Waals surface area contributed by atoms with Gasteiger partial charge in [-0.3, -0.25) is 9.36 Å². The SMILES string of the molecule is CCC/C=C/CC/C=C/C(O)C(COP(=O)([O-])OCC[N+](C)(C)C)NC(=O)CCCCCCCCCCC/C=C\C/C=C\CCCCCCC. The summed E-state index contributed by atoms with van der Waals surface area (Å²) in [5, 5.41) is 13.6. The first-order valence-electron chi connectivity index (χ1n) is 20.0. The predicted molar refractivity (Wildman–Crippen MR) is 210 cm³/mol. The zero-order valence-corrected chi connectivity index (χ0v) is 33.7. The summed E-state index contributed by atoms with van der Waals surface area (Å²) in [6, 6.07) is -0.902. The summed E-state index contributed by atoms with van der Waals surface area (Å²) in [5.41, 5.74) is 0. The molecular weight excluding hydrogens is 647 g/mol. The Balaban J connectivity index is 4.27. The first kappa shape index (κ1) is 48.5. The number of rotatable bonds is 35. The molecule has 3 atom stereocenters. The Bertz CT molecular complexity index is 959. The molecule has 8 nitrogen and oxygen atoms in total. The Hall–Kier alpha value is -1.54. The number of aliphatic hydroxyl groups excluding tert-OH is 1. The highest BCUT2D eigenvalue weighted by Crippen LogP contribution is 2.38. The maximum absolute atomic E-state index is 12.7. The molecule has 0 bridgehead atoms. The van der Waals surface area contributed by atoms with Crippen LogP contribution < -0.4 is 10.2 Å². The fraction of sp³-hybridized carbons (Fsp3) is 0.780. The van der Waals surface area contributed by atoms with Crippen LogP contribution in [0.2, 0.25) is 0 Å². The summed E-state index contributed by atoms with van der Waals surface area (Å²) in [7, 11) is 1.23. The van der Waals surface area contributed by atoms with Gasteiger partial charge in [-0.25, -0.2) is 0 Å². The van der Waals surface area contributed by atoms with Gasteiger partial charge >= 0.3 is 0 Å². The lowest BCUT2D eigenvalue weighted by molar-refractivity contribution is -0.870. The van der Waals surface area contributed by atoms with E-state index in [4.69, 9.17) is 9.05 Å². The van der Waals surface area contributed by atoms with Gasteiger partial charge in [-0.2, -0.15) is 0 Å².